The molecule has 0 fully saturated rings. The van der Waals surface area contributed by atoms with E-state index in [4.69, 9.17) is 0 Å². The summed E-state index contributed by atoms with van der Waals surface area (Å²) in [6, 6.07) is 16.6. The standard InChI is InChI=1S/C21H15F3O.3CH4/c1-14(25)21(15-10-12-16(22)13-11-15,17-6-2-4-8-19(17)23)18-7-3-5-9-20(18)24;;;/h2-13H,1H3;3*1H4. The number of rotatable bonds is 4. The molecule has 0 spiro atoms. The molecule has 4 heteroatoms. The SMILES string of the molecule is C.C.C.CC(=O)C(c1ccc(F)cc1)(c1ccccc1F)c1ccccc1F. The summed E-state index contributed by atoms with van der Waals surface area (Å²) in [6.45, 7) is 1.28. The lowest BCUT2D eigenvalue weighted by Gasteiger charge is -2.33. The molecule has 3 aromatic carbocycles. The van der Waals surface area contributed by atoms with Crippen molar-refractivity contribution in [3.8, 4) is 0 Å². The van der Waals surface area contributed by atoms with Crippen LogP contribution in [0.25, 0.3) is 0 Å². The van der Waals surface area contributed by atoms with Crippen molar-refractivity contribution in [1.29, 1.82) is 0 Å². The number of ketones is 1. The van der Waals surface area contributed by atoms with Crippen molar-refractivity contribution < 1.29 is 18.0 Å². The minimum Gasteiger partial charge on any atom is -0.298 e. The first-order valence-corrected chi connectivity index (χ1v) is 7.75. The quantitative estimate of drug-likeness (QED) is 0.443. The number of Topliss-reactive ketones (excluding diaryl/α,β-unsaturated/α-hetero) is 1. The first-order valence-electron chi connectivity index (χ1n) is 7.75. The van der Waals surface area contributed by atoms with E-state index in [1.165, 1.54) is 67.6 Å². The number of hydrogen-bond acceptors (Lipinski definition) is 1. The number of halogens is 3. The maximum atomic E-state index is 14.7. The highest BCUT2D eigenvalue weighted by Gasteiger charge is 2.44. The van der Waals surface area contributed by atoms with Crippen LogP contribution in [0.15, 0.2) is 72.8 Å². The van der Waals surface area contributed by atoms with Crippen molar-refractivity contribution in [3.05, 3.63) is 107 Å². The summed E-state index contributed by atoms with van der Waals surface area (Å²) >= 11 is 0. The maximum Gasteiger partial charge on any atom is 0.149 e. The van der Waals surface area contributed by atoms with Crippen LogP contribution in [0.1, 0.15) is 45.9 Å². The lowest BCUT2D eigenvalue weighted by Crippen LogP contribution is -2.38. The Hall–Kier alpha value is -2.88. The van der Waals surface area contributed by atoms with Crippen molar-refractivity contribution in [2.24, 2.45) is 0 Å². The van der Waals surface area contributed by atoms with Gasteiger partial charge in [-0.3, -0.25) is 4.79 Å². The lowest BCUT2D eigenvalue weighted by atomic mass is 9.66. The summed E-state index contributed by atoms with van der Waals surface area (Å²) in [5.74, 6) is -2.23. The fourth-order valence-corrected chi connectivity index (χ4v) is 3.27. The van der Waals surface area contributed by atoms with Crippen molar-refractivity contribution in [1.82, 2.24) is 0 Å². The van der Waals surface area contributed by atoms with Crippen LogP contribution in [0.4, 0.5) is 13.2 Å². The van der Waals surface area contributed by atoms with Gasteiger partial charge in [0.15, 0.2) is 0 Å². The molecule has 0 aliphatic carbocycles. The van der Waals surface area contributed by atoms with Gasteiger partial charge in [0.25, 0.3) is 0 Å². The lowest BCUT2D eigenvalue weighted by molar-refractivity contribution is -0.120. The van der Waals surface area contributed by atoms with Crippen LogP contribution < -0.4 is 0 Å². The normalized spacial score (nSPS) is 10.1. The zero-order valence-corrected chi connectivity index (χ0v) is 13.5. The molecular formula is C24H27F3O. The predicted octanol–water partition coefficient (Wildman–Crippen LogP) is 6.94. The van der Waals surface area contributed by atoms with Gasteiger partial charge in [-0.05, 0) is 36.8 Å². The Labute approximate surface area is 165 Å². The molecule has 0 N–H and O–H groups in total. The van der Waals surface area contributed by atoms with E-state index in [1.54, 1.807) is 12.1 Å². The van der Waals surface area contributed by atoms with Crippen molar-refractivity contribution in [3.63, 3.8) is 0 Å². The van der Waals surface area contributed by atoms with Crippen LogP contribution >= 0.6 is 0 Å². The Bertz CT molecular complexity index is 872. The summed E-state index contributed by atoms with van der Waals surface area (Å²) in [7, 11) is 0. The van der Waals surface area contributed by atoms with Gasteiger partial charge in [-0.15, -0.1) is 0 Å². The molecule has 0 amide bonds. The van der Waals surface area contributed by atoms with Crippen molar-refractivity contribution in [2.75, 3.05) is 0 Å². The zero-order chi connectivity index (χ0) is 18.0. The highest BCUT2D eigenvalue weighted by molar-refractivity contribution is 5.96. The van der Waals surface area contributed by atoms with Crippen molar-refractivity contribution in [2.45, 2.75) is 34.6 Å². The van der Waals surface area contributed by atoms with Crippen LogP contribution in [0.2, 0.25) is 0 Å². The monoisotopic (exact) mass is 388 g/mol. The van der Waals surface area contributed by atoms with Gasteiger partial charge in [-0.2, -0.15) is 0 Å². The van der Waals surface area contributed by atoms with Crippen LogP contribution in [-0.4, -0.2) is 5.78 Å². The number of carbonyl (C=O) groups excluding carboxylic acids is 1. The van der Waals surface area contributed by atoms with Gasteiger partial charge < -0.3 is 0 Å². The molecule has 28 heavy (non-hydrogen) atoms. The molecule has 150 valence electrons. The third-order valence-electron chi connectivity index (χ3n) is 4.36. The Morgan fingerprint density at radius 3 is 1.43 bits per heavy atom. The van der Waals surface area contributed by atoms with Gasteiger partial charge in [0.1, 0.15) is 28.6 Å². The molecule has 3 rings (SSSR count). The molecule has 0 saturated heterocycles. The topological polar surface area (TPSA) is 17.1 Å². The Morgan fingerprint density at radius 1 is 0.679 bits per heavy atom. The maximum absolute atomic E-state index is 14.7. The summed E-state index contributed by atoms with van der Waals surface area (Å²) < 4.78 is 42.8. The van der Waals surface area contributed by atoms with E-state index in [9.17, 15) is 18.0 Å². The molecule has 1 nitrogen and oxygen atoms in total. The van der Waals surface area contributed by atoms with Gasteiger partial charge >= 0.3 is 0 Å². The molecule has 0 aliphatic heterocycles. The van der Waals surface area contributed by atoms with Gasteiger partial charge in [0, 0.05) is 11.1 Å². The minimum absolute atomic E-state index is 0. The fraction of sp³-hybridized carbons (Fsp3) is 0.208. The molecule has 0 unspecified atom stereocenters. The molecule has 0 aliphatic rings. The van der Waals surface area contributed by atoms with E-state index < -0.39 is 28.6 Å². The summed E-state index contributed by atoms with van der Waals surface area (Å²) in [5.41, 5.74) is -1.35. The van der Waals surface area contributed by atoms with E-state index >= 15 is 0 Å². The van der Waals surface area contributed by atoms with E-state index in [2.05, 4.69) is 0 Å². The van der Waals surface area contributed by atoms with Crippen LogP contribution in [0.3, 0.4) is 0 Å². The molecule has 0 heterocycles. The highest BCUT2D eigenvalue weighted by Crippen LogP contribution is 2.42. The number of benzene rings is 3. The van der Waals surface area contributed by atoms with Gasteiger partial charge in [-0.25, -0.2) is 13.2 Å². The van der Waals surface area contributed by atoms with E-state index in [-0.39, 0.29) is 33.4 Å². The molecule has 0 bridgehead atoms. The Kier molecular flexibility index (Phi) is 8.87. The van der Waals surface area contributed by atoms with Crippen LogP contribution in [0, 0.1) is 17.5 Å². The number of carbonyl (C=O) groups is 1. The van der Waals surface area contributed by atoms with Crippen molar-refractivity contribution >= 4 is 5.78 Å². The van der Waals surface area contributed by atoms with Gasteiger partial charge in [0.05, 0.1) is 0 Å². The molecule has 0 atom stereocenters. The van der Waals surface area contributed by atoms with E-state index in [1.807, 2.05) is 0 Å². The van der Waals surface area contributed by atoms with E-state index in [0.29, 0.717) is 5.56 Å². The summed E-state index contributed by atoms with van der Waals surface area (Å²) in [5, 5.41) is 0. The largest absolute Gasteiger partial charge is 0.298 e. The molecule has 0 radical (unpaired) electrons. The molecular weight excluding hydrogens is 361 g/mol. The van der Waals surface area contributed by atoms with Crippen LogP contribution in [-0.2, 0) is 10.2 Å². The second-order valence-electron chi connectivity index (χ2n) is 5.77. The smallest absolute Gasteiger partial charge is 0.149 e. The Morgan fingerprint density at radius 2 is 1.07 bits per heavy atom. The third-order valence-corrected chi connectivity index (χ3v) is 4.36. The number of hydrogen-bond donors (Lipinski definition) is 0. The molecule has 3 aromatic rings. The third kappa shape index (κ3) is 4.01. The fourth-order valence-electron chi connectivity index (χ4n) is 3.27. The Balaban J connectivity index is 0.00000243. The zero-order valence-electron chi connectivity index (χ0n) is 13.5. The first-order chi connectivity index (χ1) is 12.0. The summed E-state index contributed by atoms with van der Waals surface area (Å²) in [6.07, 6.45) is 0. The van der Waals surface area contributed by atoms with Gasteiger partial charge in [-0.1, -0.05) is 70.8 Å². The predicted molar refractivity (Wildman–Crippen MR) is 110 cm³/mol. The highest BCUT2D eigenvalue weighted by atomic mass is 19.1. The molecule has 0 aromatic heterocycles. The average molecular weight is 388 g/mol. The van der Waals surface area contributed by atoms with Gasteiger partial charge in [0.2, 0.25) is 0 Å². The molecule has 0 saturated carbocycles. The van der Waals surface area contributed by atoms with Crippen LogP contribution in [0.5, 0.6) is 0 Å². The summed E-state index contributed by atoms with van der Waals surface area (Å²) in [4.78, 5) is 12.8. The second kappa shape index (κ2) is 9.88. The second-order valence-corrected chi connectivity index (χ2v) is 5.77. The average Bonchev–Trinajstić information content (AvgIpc) is 2.59. The minimum atomic E-state index is -1.70. The van der Waals surface area contributed by atoms with E-state index in [0.717, 1.165) is 0 Å². The first kappa shape index (κ1) is 25.1.